The number of furan rings is 1. The van der Waals surface area contributed by atoms with E-state index in [2.05, 4.69) is 4.98 Å². The molecule has 5 rings (SSSR count). The molecule has 4 aromatic rings. The van der Waals surface area contributed by atoms with E-state index in [0.29, 0.717) is 42.6 Å². The first-order valence-corrected chi connectivity index (χ1v) is 11.3. The van der Waals surface area contributed by atoms with Crippen molar-refractivity contribution in [1.82, 2.24) is 14.3 Å². The average Bonchev–Trinajstić information content (AvgIpc) is 3.47. The maximum Gasteiger partial charge on any atom is 0.275 e. The number of alkyl halides is 2. The molecule has 0 atom stereocenters. The van der Waals surface area contributed by atoms with Crippen LogP contribution in [-0.2, 0) is 5.92 Å². The standard InChI is InChI=1S/C25H21ClF3N3O2/c1-25(28,29)19-12-17(16-8-11-34-14-16)13-32-22(26)21(30-23(19)32)24(33)31-9-6-15(7-10-31)18-4-2-3-5-20(18)27/h2-5,8,11-15H,6-7,9-10H2,1H3. The molecular formula is C25H21ClF3N3O2. The topological polar surface area (TPSA) is 50.8 Å². The largest absolute Gasteiger partial charge is 0.472 e. The Morgan fingerprint density at radius 1 is 1.18 bits per heavy atom. The zero-order valence-electron chi connectivity index (χ0n) is 18.3. The summed E-state index contributed by atoms with van der Waals surface area (Å²) in [5, 5.41) is -0.0351. The number of halogens is 4. The van der Waals surface area contributed by atoms with Gasteiger partial charge in [-0.3, -0.25) is 9.20 Å². The van der Waals surface area contributed by atoms with Crippen LogP contribution in [-0.4, -0.2) is 33.3 Å². The van der Waals surface area contributed by atoms with Gasteiger partial charge in [0, 0.05) is 37.3 Å². The number of fused-ring (bicyclic) bond motifs is 1. The first-order valence-electron chi connectivity index (χ1n) is 10.9. The molecule has 9 heteroatoms. The summed E-state index contributed by atoms with van der Waals surface area (Å²) in [6, 6.07) is 9.62. The fourth-order valence-electron chi connectivity index (χ4n) is 4.51. The van der Waals surface area contributed by atoms with Gasteiger partial charge in [-0.1, -0.05) is 29.8 Å². The predicted molar refractivity (Wildman–Crippen MR) is 122 cm³/mol. The molecular weight excluding hydrogens is 467 g/mol. The normalized spacial score (nSPS) is 15.3. The first kappa shape index (κ1) is 22.5. The zero-order valence-corrected chi connectivity index (χ0v) is 19.0. The number of rotatable bonds is 4. The van der Waals surface area contributed by atoms with Gasteiger partial charge in [0.1, 0.15) is 16.6 Å². The van der Waals surface area contributed by atoms with Crippen molar-refractivity contribution in [3.8, 4) is 11.1 Å². The minimum absolute atomic E-state index is 0.00435. The Morgan fingerprint density at radius 3 is 2.56 bits per heavy atom. The summed E-state index contributed by atoms with van der Waals surface area (Å²) in [6.45, 7) is 1.55. The monoisotopic (exact) mass is 487 g/mol. The molecule has 1 aliphatic rings. The Bertz CT molecular complexity index is 1350. The number of amides is 1. The fraction of sp³-hybridized carbons (Fsp3) is 0.280. The van der Waals surface area contributed by atoms with E-state index in [1.807, 2.05) is 0 Å². The number of hydrogen-bond donors (Lipinski definition) is 0. The van der Waals surface area contributed by atoms with E-state index in [1.165, 1.54) is 29.1 Å². The third-order valence-corrected chi connectivity index (χ3v) is 6.68. The van der Waals surface area contributed by atoms with E-state index in [0.717, 1.165) is 6.92 Å². The Hall–Kier alpha value is -3.26. The predicted octanol–water partition coefficient (Wildman–Crippen LogP) is 6.52. The van der Waals surface area contributed by atoms with Crippen molar-refractivity contribution in [2.75, 3.05) is 13.1 Å². The molecule has 3 aromatic heterocycles. The summed E-state index contributed by atoms with van der Waals surface area (Å²) in [6.07, 6.45) is 5.61. The van der Waals surface area contributed by atoms with Gasteiger partial charge in [-0.2, -0.15) is 0 Å². The summed E-state index contributed by atoms with van der Waals surface area (Å²) in [7, 11) is 0. The highest BCUT2D eigenvalue weighted by Crippen LogP contribution is 2.37. The van der Waals surface area contributed by atoms with Gasteiger partial charge in [0.15, 0.2) is 5.69 Å². The van der Waals surface area contributed by atoms with Crippen LogP contribution in [0.4, 0.5) is 13.2 Å². The van der Waals surface area contributed by atoms with Crippen LogP contribution in [0.3, 0.4) is 0 Å². The smallest absolute Gasteiger partial charge is 0.275 e. The van der Waals surface area contributed by atoms with Crippen molar-refractivity contribution in [2.45, 2.75) is 31.6 Å². The second-order valence-electron chi connectivity index (χ2n) is 8.58. The third kappa shape index (κ3) is 3.96. The number of carbonyl (C=O) groups excluding carboxylic acids is 1. The van der Waals surface area contributed by atoms with Gasteiger partial charge in [-0.05, 0) is 42.5 Å². The molecule has 1 saturated heterocycles. The number of likely N-dealkylation sites (tertiary alicyclic amines) is 1. The fourth-order valence-corrected chi connectivity index (χ4v) is 4.76. The van der Waals surface area contributed by atoms with E-state index in [-0.39, 0.29) is 33.8 Å². The van der Waals surface area contributed by atoms with Crippen molar-refractivity contribution >= 4 is 23.2 Å². The van der Waals surface area contributed by atoms with Crippen molar-refractivity contribution < 1.29 is 22.4 Å². The summed E-state index contributed by atoms with van der Waals surface area (Å²) < 4.78 is 49.5. The third-order valence-electron chi connectivity index (χ3n) is 6.32. The number of carbonyl (C=O) groups is 1. The lowest BCUT2D eigenvalue weighted by molar-refractivity contribution is 0.0185. The van der Waals surface area contributed by atoms with Crippen LogP contribution in [0.2, 0.25) is 5.15 Å². The maximum absolute atomic E-state index is 14.5. The van der Waals surface area contributed by atoms with Gasteiger partial charge in [-0.25, -0.2) is 18.2 Å². The van der Waals surface area contributed by atoms with E-state index in [1.54, 1.807) is 35.4 Å². The first-order chi connectivity index (χ1) is 16.2. The van der Waals surface area contributed by atoms with Crippen LogP contribution in [0, 0.1) is 5.82 Å². The molecule has 1 aromatic carbocycles. The molecule has 5 nitrogen and oxygen atoms in total. The van der Waals surface area contributed by atoms with Crippen molar-refractivity contribution in [2.24, 2.45) is 0 Å². The molecule has 4 heterocycles. The van der Waals surface area contributed by atoms with E-state index < -0.39 is 11.8 Å². The molecule has 0 saturated carbocycles. The Balaban J connectivity index is 1.47. The van der Waals surface area contributed by atoms with Gasteiger partial charge >= 0.3 is 0 Å². The number of piperidine rings is 1. The number of pyridine rings is 1. The quantitative estimate of drug-likeness (QED) is 0.329. The number of imidazole rings is 1. The lowest BCUT2D eigenvalue weighted by Crippen LogP contribution is -2.38. The number of aromatic nitrogens is 2. The Morgan fingerprint density at radius 2 is 1.91 bits per heavy atom. The summed E-state index contributed by atoms with van der Waals surface area (Å²) in [5.74, 6) is -3.90. The lowest BCUT2D eigenvalue weighted by atomic mass is 9.89. The number of hydrogen-bond acceptors (Lipinski definition) is 3. The van der Waals surface area contributed by atoms with Crippen LogP contribution >= 0.6 is 11.6 Å². The SMILES string of the molecule is CC(F)(F)c1cc(-c2ccoc2)cn2c(Cl)c(C(=O)N3CCC(c4ccccc4F)CC3)nc12. The van der Waals surface area contributed by atoms with Gasteiger partial charge in [0.05, 0.1) is 18.1 Å². The molecule has 0 unspecified atom stereocenters. The molecule has 34 heavy (non-hydrogen) atoms. The van der Waals surface area contributed by atoms with Crippen LogP contribution in [0.25, 0.3) is 16.8 Å². The minimum Gasteiger partial charge on any atom is -0.472 e. The van der Waals surface area contributed by atoms with Crippen LogP contribution < -0.4 is 0 Å². The highest BCUT2D eigenvalue weighted by Gasteiger charge is 2.33. The van der Waals surface area contributed by atoms with Gasteiger partial charge in [0.2, 0.25) is 0 Å². The Labute approximate surface area is 198 Å². The summed E-state index contributed by atoms with van der Waals surface area (Å²) in [5.41, 5.74) is 1.20. The highest BCUT2D eigenvalue weighted by molar-refractivity contribution is 6.33. The summed E-state index contributed by atoms with van der Waals surface area (Å²) in [4.78, 5) is 19.1. The molecule has 0 N–H and O–H groups in total. The Kier molecular flexibility index (Phi) is 5.64. The minimum atomic E-state index is -3.21. The number of benzene rings is 1. The van der Waals surface area contributed by atoms with Gasteiger partial charge in [-0.15, -0.1) is 0 Å². The second-order valence-corrected chi connectivity index (χ2v) is 8.93. The highest BCUT2D eigenvalue weighted by atomic mass is 35.5. The number of nitrogens with zero attached hydrogens (tertiary/aromatic N) is 3. The van der Waals surface area contributed by atoms with Crippen molar-refractivity contribution in [3.05, 3.63) is 82.9 Å². The van der Waals surface area contributed by atoms with Gasteiger partial charge in [0.25, 0.3) is 11.8 Å². The van der Waals surface area contributed by atoms with E-state index in [9.17, 15) is 18.0 Å². The second kappa shape index (κ2) is 8.51. The molecule has 0 bridgehead atoms. The van der Waals surface area contributed by atoms with E-state index in [4.69, 9.17) is 16.0 Å². The molecule has 176 valence electrons. The molecule has 0 spiro atoms. The van der Waals surface area contributed by atoms with Crippen molar-refractivity contribution in [1.29, 1.82) is 0 Å². The van der Waals surface area contributed by atoms with Crippen molar-refractivity contribution in [3.63, 3.8) is 0 Å². The molecule has 0 radical (unpaired) electrons. The lowest BCUT2D eigenvalue weighted by Gasteiger charge is -2.32. The average molecular weight is 488 g/mol. The van der Waals surface area contributed by atoms with Crippen LogP contribution in [0.1, 0.15) is 47.3 Å². The molecule has 1 amide bonds. The van der Waals surface area contributed by atoms with Crippen LogP contribution in [0.15, 0.2) is 59.5 Å². The molecule has 1 aliphatic heterocycles. The molecule has 0 aliphatic carbocycles. The summed E-state index contributed by atoms with van der Waals surface area (Å²) >= 11 is 6.51. The van der Waals surface area contributed by atoms with E-state index >= 15 is 0 Å². The molecule has 1 fully saturated rings. The zero-order chi connectivity index (χ0) is 24.0. The van der Waals surface area contributed by atoms with Crippen LogP contribution in [0.5, 0.6) is 0 Å². The maximum atomic E-state index is 14.5. The van der Waals surface area contributed by atoms with Gasteiger partial charge < -0.3 is 9.32 Å².